The van der Waals surface area contributed by atoms with E-state index in [-0.39, 0.29) is 42.4 Å². The number of para-hydroxylation sites is 1. The number of hydrogen-bond acceptors (Lipinski definition) is 7. The standard InChI is InChI=1S/C32H32F7N5O2S.C2HF3O2/c33-25-11-9-20(10-12-25)13-14-40-29-27-3-1-2-4-28(27)43-30(44-29)41-18-21-5-7-22(8-6-21)19-42-47(45,46)26-16-23(31(34,35)36)15-24(17-26)32(37,38)39;3-2(4,5)1(6)7/h1-4,9-12,15-17,21-22,42H,5-8,13-14,18-19H2,(H2,40,41,43,44);(H,6,7). The first kappa shape index (κ1) is 42.0. The molecule has 54 heavy (non-hydrogen) atoms. The van der Waals surface area contributed by atoms with Crippen LogP contribution >= 0.6 is 0 Å². The van der Waals surface area contributed by atoms with Gasteiger partial charge in [0.1, 0.15) is 11.6 Å². The molecule has 20 heteroatoms. The summed E-state index contributed by atoms with van der Waals surface area (Å²) in [5, 5.41) is 14.6. The van der Waals surface area contributed by atoms with Gasteiger partial charge in [0.2, 0.25) is 16.0 Å². The van der Waals surface area contributed by atoms with E-state index < -0.39 is 50.5 Å². The first-order valence-electron chi connectivity index (χ1n) is 16.2. The van der Waals surface area contributed by atoms with Crippen molar-refractivity contribution in [2.45, 2.75) is 55.5 Å². The summed E-state index contributed by atoms with van der Waals surface area (Å²) in [4.78, 5) is 17.1. The number of nitrogens with zero attached hydrogens (tertiary/aromatic N) is 2. The van der Waals surface area contributed by atoms with Gasteiger partial charge in [-0.1, -0.05) is 24.3 Å². The van der Waals surface area contributed by atoms with Crippen LogP contribution in [0.4, 0.5) is 55.7 Å². The maximum atomic E-state index is 13.2. The van der Waals surface area contributed by atoms with Crippen LogP contribution in [0.25, 0.3) is 10.9 Å². The molecule has 9 nitrogen and oxygen atoms in total. The lowest BCUT2D eigenvalue weighted by molar-refractivity contribution is -0.192. The Morgan fingerprint density at radius 1 is 0.759 bits per heavy atom. The van der Waals surface area contributed by atoms with Crippen LogP contribution in [0.5, 0.6) is 0 Å². The zero-order valence-electron chi connectivity index (χ0n) is 27.9. The van der Waals surface area contributed by atoms with Crippen molar-refractivity contribution in [1.29, 1.82) is 0 Å². The lowest BCUT2D eigenvalue weighted by atomic mass is 9.82. The highest BCUT2D eigenvalue weighted by Gasteiger charge is 2.39. The Labute approximate surface area is 302 Å². The zero-order valence-corrected chi connectivity index (χ0v) is 28.7. The molecule has 5 rings (SSSR count). The second kappa shape index (κ2) is 17.2. The van der Waals surface area contributed by atoms with Crippen LogP contribution in [0, 0.1) is 17.7 Å². The number of carbonyl (C=O) groups is 1. The van der Waals surface area contributed by atoms with Crippen molar-refractivity contribution in [2.75, 3.05) is 30.3 Å². The average molecular weight is 798 g/mol. The predicted octanol–water partition coefficient (Wildman–Crippen LogP) is 8.29. The summed E-state index contributed by atoms with van der Waals surface area (Å²) in [5.41, 5.74) is -1.66. The van der Waals surface area contributed by atoms with Crippen molar-refractivity contribution in [3.8, 4) is 0 Å². The Balaban J connectivity index is 0.000000845. The molecular formula is C34H33F10N5O4S. The molecule has 1 aromatic heterocycles. The topological polar surface area (TPSA) is 133 Å². The van der Waals surface area contributed by atoms with E-state index in [1.807, 2.05) is 24.3 Å². The predicted molar refractivity (Wildman–Crippen MR) is 177 cm³/mol. The van der Waals surface area contributed by atoms with Crippen LogP contribution < -0.4 is 15.4 Å². The van der Waals surface area contributed by atoms with E-state index >= 15 is 0 Å². The Bertz CT molecular complexity index is 1970. The molecule has 0 atom stereocenters. The van der Waals surface area contributed by atoms with Gasteiger partial charge in [0.15, 0.2) is 0 Å². The van der Waals surface area contributed by atoms with Gasteiger partial charge >= 0.3 is 24.5 Å². The summed E-state index contributed by atoms with van der Waals surface area (Å²) in [6, 6.07) is 14.2. The number of nitrogens with one attached hydrogen (secondary N) is 3. The summed E-state index contributed by atoms with van der Waals surface area (Å²) in [5.74, 6) is -1.89. The number of alkyl halides is 9. The van der Waals surface area contributed by atoms with Gasteiger partial charge in [0.05, 0.1) is 21.5 Å². The average Bonchev–Trinajstić information content (AvgIpc) is 3.10. The van der Waals surface area contributed by atoms with Crippen LogP contribution in [-0.2, 0) is 33.6 Å². The van der Waals surface area contributed by atoms with Gasteiger partial charge < -0.3 is 15.7 Å². The molecule has 4 aromatic rings. The van der Waals surface area contributed by atoms with Gasteiger partial charge in [-0.2, -0.15) is 44.5 Å². The van der Waals surface area contributed by atoms with Crippen LogP contribution in [0.2, 0.25) is 0 Å². The van der Waals surface area contributed by atoms with Crippen molar-refractivity contribution >= 4 is 38.7 Å². The summed E-state index contributed by atoms with van der Waals surface area (Å²) in [6.45, 7) is 1.01. The number of aliphatic carboxylic acids is 1. The van der Waals surface area contributed by atoms with Crippen LogP contribution in [0.3, 0.4) is 0 Å². The first-order valence-corrected chi connectivity index (χ1v) is 17.7. The number of halogens is 10. The molecule has 1 aliphatic rings. The third-order valence-electron chi connectivity index (χ3n) is 8.41. The Hall–Kier alpha value is -4.72. The lowest BCUT2D eigenvalue weighted by Gasteiger charge is -2.28. The molecule has 4 N–H and O–H groups in total. The van der Waals surface area contributed by atoms with E-state index in [1.165, 1.54) is 12.1 Å². The van der Waals surface area contributed by atoms with Crippen molar-refractivity contribution in [2.24, 2.45) is 11.8 Å². The molecule has 1 aliphatic carbocycles. The summed E-state index contributed by atoms with van der Waals surface area (Å²) >= 11 is 0. The molecule has 0 saturated heterocycles. The molecule has 1 heterocycles. The smallest absolute Gasteiger partial charge is 0.475 e. The fourth-order valence-corrected chi connectivity index (χ4v) is 6.72. The highest BCUT2D eigenvalue weighted by Crippen LogP contribution is 2.37. The van der Waals surface area contributed by atoms with Crippen molar-refractivity contribution < 1.29 is 62.2 Å². The number of fused-ring (bicyclic) bond motifs is 1. The van der Waals surface area contributed by atoms with Gasteiger partial charge in [-0.05, 0) is 92.0 Å². The van der Waals surface area contributed by atoms with Crippen LogP contribution in [0.15, 0.2) is 71.6 Å². The fraction of sp³-hybridized carbons (Fsp3) is 0.382. The minimum absolute atomic E-state index is 0.106. The van der Waals surface area contributed by atoms with E-state index in [4.69, 9.17) is 9.90 Å². The monoisotopic (exact) mass is 797 g/mol. The number of rotatable bonds is 11. The number of sulfonamides is 1. The normalized spacial score (nSPS) is 16.7. The highest BCUT2D eigenvalue weighted by molar-refractivity contribution is 7.89. The highest BCUT2D eigenvalue weighted by atomic mass is 32.2. The van der Waals surface area contributed by atoms with Crippen LogP contribution in [-0.4, -0.2) is 55.3 Å². The summed E-state index contributed by atoms with van der Waals surface area (Å²) < 4.78 is 152. The van der Waals surface area contributed by atoms with Gasteiger partial charge in [-0.25, -0.2) is 27.3 Å². The Morgan fingerprint density at radius 2 is 1.30 bits per heavy atom. The van der Waals surface area contributed by atoms with Gasteiger partial charge in [0.25, 0.3) is 0 Å². The summed E-state index contributed by atoms with van der Waals surface area (Å²) in [7, 11) is -4.63. The number of anilines is 2. The molecule has 0 bridgehead atoms. The molecule has 1 fully saturated rings. The van der Waals surface area contributed by atoms with Crippen molar-refractivity contribution in [3.63, 3.8) is 0 Å². The molecule has 0 amide bonds. The Morgan fingerprint density at radius 3 is 1.83 bits per heavy atom. The Kier molecular flexibility index (Phi) is 13.4. The third kappa shape index (κ3) is 12.2. The van der Waals surface area contributed by atoms with Crippen LogP contribution in [0.1, 0.15) is 42.4 Å². The second-order valence-electron chi connectivity index (χ2n) is 12.4. The first-order chi connectivity index (χ1) is 25.1. The minimum atomic E-state index is -5.15. The number of carboxylic acid groups (broad SMARTS) is 1. The summed E-state index contributed by atoms with van der Waals surface area (Å²) in [6.07, 6.45) is -12.1. The zero-order chi connectivity index (χ0) is 39.9. The molecule has 0 radical (unpaired) electrons. The lowest BCUT2D eigenvalue weighted by Crippen LogP contribution is -2.32. The van der Waals surface area contributed by atoms with Gasteiger partial charge in [-0.15, -0.1) is 0 Å². The van der Waals surface area contributed by atoms with Crippen molar-refractivity contribution in [1.82, 2.24) is 14.7 Å². The fourth-order valence-electron chi connectivity index (χ4n) is 5.53. The maximum absolute atomic E-state index is 13.2. The largest absolute Gasteiger partial charge is 0.490 e. The molecule has 294 valence electrons. The molecular weight excluding hydrogens is 764 g/mol. The van der Waals surface area contributed by atoms with E-state index in [9.17, 15) is 52.3 Å². The molecule has 3 aromatic carbocycles. The molecule has 0 spiro atoms. The SMILES string of the molecule is O=C(O)C(F)(F)F.O=S(=O)(NCC1CCC(CNc2nc(NCCc3ccc(F)cc3)c3ccccc3n2)CC1)c1cc(C(F)(F)F)cc(C(F)(F)F)c1. The van der Waals surface area contributed by atoms with E-state index in [1.54, 1.807) is 12.1 Å². The van der Waals surface area contributed by atoms with Crippen molar-refractivity contribution in [3.05, 3.63) is 89.2 Å². The number of benzene rings is 3. The third-order valence-corrected chi connectivity index (χ3v) is 9.82. The van der Waals surface area contributed by atoms with E-state index in [0.29, 0.717) is 44.1 Å². The minimum Gasteiger partial charge on any atom is -0.475 e. The number of hydrogen-bond donors (Lipinski definition) is 4. The molecule has 0 unspecified atom stereocenters. The van der Waals surface area contributed by atoms with E-state index in [0.717, 1.165) is 29.3 Å². The van der Waals surface area contributed by atoms with E-state index in [2.05, 4.69) is 25.3 Å². The van der Waals surface area contributed by atoms with Gasteiger partial charge in [-0.3, -0.25) is 0 Å². The number of aromatic nitrogens is 2. The number of carboxylic acids is 1. The maximum Gasteiger partial charge on any atom is 0.490 e. The van der Waals surface area contributed by atoms with Gasteiger partial charge in [0, 0.05) is 25.0 Å². The molecule has 1 saturated carbocycles. The molecule has 0 aliphatic heterocycles. The quantitative estimate of drug-likeness (QED) is 0.112. The second-order valence-corrected chi connectivity index (χ2v) is 14.1.